The van der Waals surface area contributed by atoms with Crippen molar-refractivity contribution in [2.75, 3.05) is 6.54 Å². The fraction of sp³-hybridized carbons (Fsp3) is 0.371. The number of hydrogen-bond donors (Lipinski definition) is 3. The Labute approximate surface area is 254 Å². The van der Waals surface area contributed by atoms with Gasteiger partial charge in [-0.1, -0.05) is 94.0 Å². The van der Waals surface area contributed by atoms with E-state index in [9.17, 15) is 24.8 Å². The van der Waals surface area contributed by atoms with Crippen molar-refractivity contribution in [1.82, 2.24) is 10.6 Å². The van der Waals surface area contributed by atoms with Gasteiger partial charge in [-0.25, -0.2) is 0 Å². The minimum Gasteiger partial charge on any atom is -0.508 e. The maximum atomic E-state index is 13.3. The lowest BCUT2D eigenvalue weighted by atomic mass is 10.0. The molecule has 8 heteroatoms. The number of phenolic OH excluding ortho intramolecular Hbond substituents is 1. The van der Waals surface area contributed by atoms with Gasteiger partial charge in [-0.05, 0) is 61.2 Å². The van der Waals surface area contributed by atoms with E-state index < -0.39 is 16.9 Å². The minimum atomic E-state index is -0.775. The second-order valence-electron chi connectivity index (χ2n) is 10.6. The van der Waals surface area contributed by atoms with Crippen LogP contribution in [0.4, 0.5) is 5.69 Å². The Balaban J connectivity index is 1.67. The van der Waals surface area contributed by atoms with E-state index in [2.05, 4.69) is 29.4 Å². The van der Waals surface area contributed by atoms with Crippen LogP contribution in [0.1, 0.15) is 91.8 Å². The molecule has 1 atom stereocenters. The third-order valence-corrected chi connectivity index (χ3v) is 7.18. The van der Waals surface area contributed by atoms with Crippen LogP contribution in [0.3, 0.4) is 0 Å². The largest absolute Gasteiger partial charge is 0.508 e. The zero-order valence-corrected chi connectivity index (χ0v) is 24.8. The number of nitro groups is 1. The molecule has 3 N–H and O–H groups in total. The quantitative estimate of drug-likeness (QED) is 0.0751. The second-order valence-corrected chi connectivity index (χ2v) is 10.6. The van der Waals surface area contributed by atoms with E-state index in [1.807, 2.05) is 30.3 Å². The summed E-state index contributed by atoms with van der Waals surface area (Å²) in [6.07, 6.45) is 10.3. The average Bonchev–Trinajstić information content (AvgIpc) is 3.02. The van der Waals surface area contributed by atoms with Crippen LogP contribution in [0.15, 0.2) is 72.8 Å². The van der Waals surface area contributed by atoms with E-state index in [1.54, 1.807) is 12.1 Å². The third-order valence-electron chi connectivity index (χ3n) is 7.18. The van der Waals surface area contributed by atoms with Gasteiger partial charge in [-0.15, -0.1) is 0 Å². The van der Waals surface area contributed by atoms with Crippen molar-refractivity contribution in [2.45, 2.75) is 77.2 Å². The number of nitrogens with one attached hydrogen (secondary N) is 2. The van der Waals surface area contributed by atoms with Crippen LogP contribution in [0.2, 0.25) is 0 Å². The van der Waals surface area contributed by atoms with E-state index >= 15 is 0 Å². The molecule has 0 spiro atoms. The molecule has 3 aromatic rings. The van der Waals surface area contributed by atoms with Gasteiger partial charge < -0.3 is 15.7 Å². The topological polar surface area (TPSA) is 122 Å². The van der Waals surface area contributed by atoms with E-state index in [0.717, 1.165) is 24.8 Å². The summed E-state index contributed by atoms with van der Waals surface area (Å²) in [5.74, 6) is 4.93. The maximum Gasteiger partial charge on any atom is 0.284 e. The first-order chi connectivity index (χ1) is 20.9. The molecular weight excluding hydrogens is 542 g/mol. The highest BCUT2D eigenvalue weighted by atomic mass is 16.6. The summed E-state index contributed by atoms with van der Waals surface area (Å²) in [5, 5.41) is 26.9. The van der Waals surface area contributed by atoms with Gasteiger partial charge in [0.15, 0.2) is 0 Å². The van der Waals surface area contributed by atoms with Gasteiger partial charge in [-0.3, -0.25) is 19.7 Å². The van der Waals surface area contributed by atoms with Crippen LogP contribution >= 0.6 is 0 Å². The number of carbonyl (C=O) groups is 2. The zero-order valence-electron chi connectivity index (χ0n) is 24.8. The first-order valence-electron chi connectivity index (χ1n) is 15.1. The summed E-state index contributed by atoms with van der Waals surface area (Å²) in [5.41, 5.74) is 1.62. The van der Waals surface area contributed by atoms with E-state index in [4.69, 9.17) is 0 Å². The van der Waals surface area contributed by atoms with Gasteiger partial charge in [-0.2, -0.15) is 0 Å². The molecule has 0 fully saturated rings. The van der Waals surface area contributed by atoms with Gasteiger partial charge in [0.1, 0.15) is 17.4 Å². The normalized spacial score (nSPS) is 11.2. The van der Waals surface area contributed by atoms with Crippen LogP contribution in [0.5, 0.6) is 5.75 Å². The number of amides is 2. The summed E-state index contributed by atoms with van der Waals surface area (Å²) in [6, 6.07) is 19.1. The van der Waals surface area contributed by atoms with Gasteiger partial charge in [0, 0.05) is 23.7 Å². The van der Waals surface area contributed by atoms with Gasteiger partial charge >= 0.3 is 0 Å². The minimum absolute atomic E-state index is 0.0747. The lowest BCUT2D eigenvalue weighted by Crippen LogP contribution is -2.47. The predicted octanol–water partition coefficient (Wildman–Crippen LogP) is 6.69. The summed E-state index contributed by atoms with van der Waals surface area (Å²) >= 11 is 0. The number of nitrogens with zero attached hydrogens (tertiary/aromatic N) is 1. The van der Waals surface area contributed by atoms with Crippen LogP contribution in [0.25, 0.3) is 0 Å². The molecule has 3 rings (SSSR count). The molecule has 0 aromatic heterocycles. The Hall–Kier alpha value is -4.64. The molecule has 0 saturated carbocycles. The highest BCUT2D eigenvalue weighted by Gasteiger charge is 2.23. The van der Waals surface area contributed by atoms with Crippen molar-refractivity contribution in [3.63, 3.8) is 0 Å². The smallest absolute Gasteiger partial charge is 0.284 e. The number of carbonyl (C=O) groups excluding carboxylic acids is 2. The lowest BCUT2D eigenvalue weighted by Gasteiger charge is -2.19. The molecule has 0 saturated heterocycles. The summed E-state index contributed by atoms with van der Waals surface area (Å²) < 4.78 is 0. The monoisotopic (exact) mass is 583 g/mol. The van der Waals surface area contributed by atoms with Crippen molar-refractivity contribution in [3.8, 4) is 17.6 Å². The van der Waals surface area contributed by atoms with E-state index in [0.29, 0.717) is 24.9 Å². The van der Waals surface area contributed by atoms with Crippen LogP contribution < -0.4 is 10.6 Å². The molecule has 0 aliphatic rings. The number of nitro benzene ring substituents is 1. The predicted molar refractivity (Wildman–Crippen MR) is 169 cm³/mol. The van der Waals surface area contributed by atoms with Gasteiger partial charge in [0.05, 0.1) is 4.92 Å². The molecule has 0 aliphatic heterocycles. The first-order valence-corrected chi connectivity index (χ1v) is 15.1. The number of rotatable bonds is 16. The fourth-order valence-electron chi connectivity index (χ4n) is 4.68. The van der Waals surface area contributed by atoms with Crippen molar-refractivity contribution in [1.29, 1.82) is 0 Å². The number of aryl methyl sites for hydroxylation is 1. The molecule has 2 amide bonds. The molecule has 0 aliphatic carbocycles. The maximum absolute atomic E-state index is 13.3. The Morgan fingerprint density at radius 3 is 2.23 bits per heavy atom. The van der Waals surface area contributed by atoms with Crippen molar-refractivity contribution >= 4 is 17.5 Å². The Bertz CT molecular complexity index is 1390. The van der Waals surface area contributed by atoms with E-state index in [-0.39, 0.29) is 28.5 Å². The number of phenols is 1. The number of unbranched alkanes of at least 4 members (excludes halogenated alkanes) is 7. The highest BCUT2D eigenvalue weighted by Crippen LogP contribution is 2.20. The number of benzene rings is 3. The van der Waals surface area contributed by atoms with Crippen LogP contribution in [-0.4, -0.2) is 34.4 Å². The third kappa shape index (κ3) is 11.6. The van der Waals surface area contributed by atoms with Crippen LogP contribution in [-0.2, 0) is 11.2 Å². The van der Waals surface area contributed by atoms with Gasteiger partial charge in [0.2, 0.25) is 5.91 Å². The fourth-order valence-corrected chi connectivity index (χ4v) is 4.68. The van der Waals surface area contributed by atoms with Crippen molar-refractivity contribution in [2.24, 2.45) is 0 Å². The molecule has 0 unspecified atom stereocenters. The molecule has 3 aromatic carbocycles. The Kier molecular flexibility index (Phi) is 13.8. The zero-order chi connectivity index (χ0) is 30.9. The molecule has 43 heavy (non-hydrogen) atoms. The molecule has 0 heterocycles. The number of aromatic hydroxyl groups is 1. The lowest BCUT2D eigenvalue weighted by molar-refractivity contribution is -0.385. The summed E-state index contributed by atoms with van der Waals surface area (Å²) in [6.45, 7) is 2.75. The Morgan fingerprint density at radius 2 is 1.56 bits per heavy atom. The molecule has 0 radical (unpaired) electrons. The van der Waals surface area contributed by atoms with Crippen molar-refractivity contribution in [3.05, 3.63) is 105 Å². The SMILES string of the molecule is CCCCCCCCCCNC(=O)[C@H](CCc1ccccc1)NC(=O)c1ccc([N+](=O)[O-])c(C#Cc2ccc(O)cc2)c1. The second kappa shape index (κ2) is 18.0. The molecule has 0 bridgehead atoms. The number of hydrogen-bond acceptors (Lipinski definition) is 5. The van der Waals surface area contributed by atoms with Crippen LogP contribution in [0, 0.1) is 22.0 Å². The molecule has 226 valence electrons. The molecular formula is C35H41N3O5. The average molecular weight is 584 g/mol. The van der Waals surface area contributed by atoms with E-state index in [1.165, 1.54) is 62.4 Å². The standard InChI is InChI=1S/C35H41N3O5/c1-2-3-4-5-6-7-8-12-25-36-35(41)32(23-18-27-13-10-9-11-14-27)37-34(40)30-20-24-33(38(42)43)29(26-30)19-15-28-16-21-31(39)22-17-28/h9-11,13-14,16-17,20-22,24,26,32,39H,2-8,12,18,23,25H2,1H3,(H,36,41)(H,37,40)/t32-/m0/s1. The Morgan fingerprint density at radius 1 is 0.884 bits per heavy atom. The highest BCUT2D eigenvalue weighted by molar-refractivity contribution is 5.98. The molecule has 8 nitrogen and oxygen atoms in total. The van der Waals surface area contributed by atoms with Gasteiger partial charge in [0.25, 0.3) is 11.6 Å². The summed E-state index contributed by atoms with van der Waals surface area (Å²) in [7, 11) is 0. The van der Waals surface area contributed by atoms with Crippen molar-refractivity contribution < 1.29 is 19.6 Å². The first kappa shape index (κ1) is 32.9. The summed E-state index contributed by atoms with van der Waals surface area (Å²) in [4.78, 5) is 37.5.